The normalized spacial score (nSPS) is 19.6. The van der Waals surface area contributed by atoms with Crippen molar-refractivity contribution in [2.75, 3.05) is 5.32 Å². The van der Waals surface area contributed by atoms with Gasteiger partial charge in [-0.25, -0.2) is 0 Å². The summed E-state index contributed by atoms with van der Waals surface area (Å²) in [7, 11) is 0. The summed E-state index contributed by atoms with van der Waals surface area (Å²) in [5.74, 6) is 0.633. The summed E-state index contributed by atoms with van der Waals surface area (Å²) in [6, 6.07) is 5.44. The molecule has 74 valence electrons. The Kier molecular flexibility index (Phi) is 2.37. The third-order valence-corrected chi connectivity index (χ3v) is 2.43. The Bertz CT molecular complexity index is 378. The van der Waals surface area contributed by atoms with Crippen LogP contribution in [-0.4, -0.2) is 12.0 Å². The van der Waals surface area contributed by atoms with E-state index in [1.807, 2.05) is 19.1 Å². The first-order valence-corrected chi connectivity index (χ1v) is 4.96. The molecule has 0 saturated carbocycles. The SMILES string of the molecule is CC[C@@H]1Oc2ccc(S)cc2NC1=O. The fourth-order valence-electron chi connectivity index (χ4n) is 1.41. The molecule has 0 radical (unpaired) electrons. The number of fused-ring (bicyclic) bond motifs is 1. The molecular formula is C10H11NO2S. The molecule has 1 atom stereocenters. The van der Waals surface area contributed by atoms with Crippen LogP contribution < -0.4 is 10.1 Å². The minimum absolute atomic E-state index is 0.0843. The van der Waals surface area contributed by atoms with Crippen molar-refractivity contribution in [3.63, 3.8) is 0 Å². The van der Waals surface area contributed by atoms with Crippen LogP contribution in [0.3, 0.4) is 0 Å². The van der Waals surface area contributed by atoms with Crippen molar-refractivity contribution in [3.8, 4) is 5.75 Å². The van der Waals surface area contributed by atoms with Gasteiger partial charge in [-0.2, -0.15) is 0 Å². The Labute approximate surface area is 87.9 Å². The van der Waals surface area contributed by atoms with Crippen molar-refractivity contribution >= 4 is 24.2 Å². The van der Waals surface area contributed by atoms with E-state index in [0.717, 1.165) is 4.90 Å². The van der Waals surface area contributed by atoms with Crippen molar-refractivity contribution in [3.05, 3.63) is 18.2 Å². The van der Waals surface area contributed by atoms with Crippen molar-refractivity contribution in [2.24, 2.45) is 0 Å². The predicted molar refractivity (Wildman–Crippen MR) is 57.0 cm³/mol. The molecule has 0 fully saturated rings. The zero-order valence-corrected chi connectivity index (χ0v) is 8.67. The molecule has 1 amide bonds. The number of carbonyl (C=O) groups excluding carboxylic acids is 1. The zero-order valence-electron chi connectivity index (χ0n) is 7.78. The lowest BCUT2D eigenvalue weighted by Gasteiger charge is -2.25. The number of benzene rings is 1. The summed E-state index contributed by atoms with van der Waals surface area (Å²) in [5.41, 5.74) is 0.701. The maximum absolute atomic E-state index is 11.4. The standard InChI is InChI=1S/C10H11NO2S/c1-2-8-10(12)11-7-5-6(14)3-4-9(7)13-8/h3-5,8,14H,2H2,1H3,(H,11,12)/t8-/m0/s1. The van der Waals surface area contributed by atoms with E-state index in [2.05, 4.69) is 17.9 Å². The second-order valence-electron chi connectivity index (χ2n) is 3.18. The molecule has 1 N–H and O–H groups in total. The summed E-state index contributed by atoms with van der Waals surface area (Å²) >= 11 is 4.19. The fourth-order valence-corrected chi connectivity index (χ4v) is 1.61. The third-order valence-electron chi connectivity index (χ3n) is 2.15. The molecule has 4 heteroatoms. The van der Waals surface area contributed by atoms with E-state index < -0.39 is 0 Å². The molecular weight excluding hydrogens is 198 g/mol. The van der Waals surface area contributed by atoms with E-state index >= 15 is 0 Å². The van der Waals surface area contributed by atoms with Crippen LogP contribution in [0.4, 0.5) is 5.69 Å². The smallest absolute Gasteiger partial charge is 0.265 e. The van der Waals surface area contributed by atoms with E-state index in [1.54, 1.807) is 6.07 Å². The molecule has 3 nitrogen and oxygen atoms in total. The van der Waals surface area contributed by atoms with Gasteiger partial charge in [0.05, 0.1) is 5.69 Å². The fraction of sp³-hybridized carbons (Fsp3) is 0.300. The number of ether oxygens (including phenoxy) is 1. The largest absolute Gasteiger partial charge is 0.478 e. The van der Waals surface area contributed by atoms with Gasteiger partial charge in [0.1, 0.15) is 5.75 Å². The van der Waals surface area contributed by atoms with Gasteiger partial charge in [0, 0.05) is 4.90 Å². The Hall–Kier alpha value is -1.16. The molecule has 2 rings (SSSR count). The van der Waals surface area contributed by atoms with Crippen LogP contribution >= 0.6 is 12.6 Å². The summed E-state index contributed by atoms with van der Waals surface area (Å²) in [6.07, 6.45) is 0.307. The third kappa shape index (κ3) is 1.57. The molecule has 0 spiro atoms. The van der Waals surface area contributed by atoms with Gasteiger partial charge in [0.25, 0.3) is 5.91 Å². The first-order valence-electron chi connectivity index (χ1n) is 4.51. The minimum Gasteiger partial charge on any atom is -0.478 e. The van der Waals surface area contributed by atoms with E-state index in [9.17, 15) is 4.79 Å². The number of thiol groups is 1. The van der Waals surface area contributed by atoms with Gasteiger partial charge in [-0.05, 0) is 24.6 Å². The highest BCUT2D eigenvalue weighted by Gasteiger charge is 2.25. The summed E-state index contributed by atoms with van der Waals surface area (Å²) in [6.45, 7) is 1.92. The van der Waals surface area contributed by atoms with Crippen molar-refractivity contribution < 1.29 is 9.53 Å². The van der Waals surface area contributed by atoms with Gasteiger partial charge in [-0.1, -0.05) is 6.92 Å². The number of carbonyl (C=O) groups is 1. The first kappa shape index (κ1) is 9.40. The lowest BCUT2D eigenvalue weighted by atomic mass is 10.2. The van der Waals surface area contributed by atoms with Crippen LogP contribution in [0.5, 0.6) is 5.75 Å². The lowest BCUT2D eigenvalue weighted by molar-refractivity contribution is -0.123. The van der Waals surface area contributed by atoms with E-state index in [1.165, 1.54) is 0 Å². The number of rotatable bonds is 1. The van der Waals surface area contributed by atoms with Crippen LogP contribution in [0.25, 0.3) is 0 Å². The molecule has 1 aliphatic rings. The minimum atomic E-state index is -0.367. The Morgan fingerprint density at radius 2 is 2.36 bits per heavy atom. The predicted octanol–water partition coefficient (Wildman–Crippen LogP) is 2.08. The van der Waals surface area contributed by atoms with Gasteiger partial charge < -0.3 is 10.1 Å². The molecule has 0 aliphatic carbocycles. The first-order chi connectivity index (χ1) is 6.70. The number of amides is 1. The summed E-state index contributed by atoms with van der Waals surface area (Å²) in [5, 5.41) is 2.79. The highest BCUT2D eigenvalue weighted by atomic mass is 32.1. The number of nitrogens with one attached hydrogen (secondary N) is 1. The van der Waals surface area contributed by atoms with Crippen molar-refractivity contribution in [1.82, 2.24) is 0 Å². The molecule has 0 aromatic heterocycles. The molecule has 1 heterocycles. The van der Waals surface area contributed by atoms with Gasteiger partial charge in [0.15, 0.2) is 6.10 Å². The number of anilines is 1. The molecule has 1 aromatic rings. The van der Waals surface area contributed by atoms with Gasteiger partial charge in [-0.15, -0.1) is 12.6 Å². The van der Waals surface area contributed by atoms with Crippen LogP contribution in [-0.2, 0) is 4.79 Å². The molecule has 14 heavy (non-hydrogen) atoms. The summed E-state index contributed by atoms with van der Waals surface area (Å²) in [4.78, 5) is 12.2. The van der Waals surface area contributed by atoms with E-state index in [0.29, 0.717) is 17.9 Å². The topological polar surface area (TPSA) is 38.3 Å². The monoisotopic (exact) mass is 209 g/mol. The van der Waals surface area contributed by atoms with Crippen LogP contribution in [0, 0.1) is 0 Å². The average Bonchev–Trinajstić information content (AvgIpc) is 2.16. The maximum atomic E-state index is 11.4. The summed E-state index contributed by atoms with van der Waals surface area (Å²) < 4.78 is 5.50. The molecule has 0 bridgehead atoms. The van der Waals surface area contributed by atoms with Gasteiger partial charge in [0.2, 0.25) is 0 Å². The molecule has 0 unspecified atom stereocenters. The van der Waals surface area contributed by atoms with Crippen molar-refractivity contribution in [1.29, 1.82) is 0 Å². The quantitative estimate of drug-likeness (QED) is 0.695. The number of hydrogen-bond acceptors (Lipinski definition) is 3. The van der Waals surface area contributed by atoms with Gasteiger partial charge >= 0.3 is 0 Å². The average molecular weight is 209 g/mol. The lowest BCUT2D eigenvalue weighted by Crippen LogP contribution is -2.36. The van der Waals surface area contributed by atoms with Crippen molar-refractivity contribution in [2.45, 2.75) is 24.3 Å². The van der Waals surface area contributed by atoms with E-state index in [4.69, 9.17) is 4.74 Å². The Morgan fingerprint density at radius 3 is 3.07 bits per heavy atom. The Morgan fingerprint density at radius 1 is 1.57 bits per heavy atom. The van der Waals surface area contributed by atoms with Gasteiger partial charge in [-0.3, -0.25) is 4.79 Å². The van der Waals surface area contributed by atoms with Crippen LogP contribution in [0.15, 0.2) is 23.1 Å². The van der Waals surface area contributed by atoms with E-state index in [-0.39, 0.29) is 12.0 Å². The van der Waals surface area contributed by atoms with Crippen LogP contribution in [0.1, 0.15) is 13.3 Å². The number of hydrogen-bond donors (Lipinski definition) is 2. The molecule has 0 saturated heterocycles. The highest BCUT2D eigenvalue weighted by molar-refractivity contribution is 7.80. The molecule has 1 aliphatic heterocycles. The highest BCUT2D eigenvalue weighted by Crippen LogP contribution is 2.31. The maximum Gasteiger partial charge on any atom is 0.265 e. The van der Waals surface area contributed by atoms with Crippen LogP contribution in [0.2, 0.25) is 0 Å². The second kappa shape index (κ2) is 3.53. The second-order valence-corrected chi connectivity index (χ2v) is 3.70. The zero-order chi connectivity index (χ0) is 10.1. The molecule has 1 aromatic carbocycles. The Balaban J connectivity index is 2.35.